The topological polar surface area (TPSA) is 81.7 Å². The highest BCUT2D eigenvalue weighted by Crippen LogP contribution is 2.25. The molecule has 0 radical (unpaired) electrons. The van der Waals surface area contributed by atoms with Crippen molar-refractivity contribution in [1.29, 1.82) is 0 Å². The Balaban J connectivity index is 1.98. The predicted octanol–water partition coefficient (Wildman–Crippen LogP) is 2.32. The van der Waals surface area contributed by atoms with Gasteiger partial charge < -0.3 is 9.47 Å². The second-order valence-electron chi connectivity index (χ2n) is 5.77. The third-order valence-corrected chi connectivity index (χ3v) is 3.93. The van der Waals surface area contributed by atoms with Crippen LogP contribution in [0.2, 0.25) is 0 Å². The highest BCUT2D eigenvalue weighted by molar-refractivity contribution is 6.05. The Morgan fingerprint density at radius 3 is 2.50 bits per heavy atom. The third kappa shape index (κ3) is 4.57. The Hall–Kier alpha value is -2.37. The average molecular weight is 333 g/mol. The molecule has 2 atom stereocenters. The number of nitrogens with one attached hydrogen (secondary N) is 1. The van der Waals surface area contributed by atoms with E-state index in [-0.39, 0.29) is 6.42 Å². The summed E-state index contributed by atoms with van der Waals surface area (Å²) in [5.41, 5.74) is 0.801. The van der Waals surface area contributed by atoms with Crippen LogP contribution in [0.4, 0.5) is 0 Å². The van der Waals surface area contributed by atoms with Crippen LogP contribution in [0.15, 0.2) is 24.3 Å². The van der Waals surface area contributed by atoms with E-state index in [2.05, 4.69) is 12.2 Å². The number of imide groups is 1. The van der Waals surface area contributed by atoms with Gasteiger partial charge in [0.2, 0.25) is 5.91 Å². The van der Waals surface area contributed by atoms with E-state index in [1.165, 1.54) is 0 Å². The van der Waals surface area contributed by atoms with Gasteiger partial charge in [-0.2, -0.15) is 0 Å². The largest absolute Gasteiger partial charge is 0.494 e. The van der Waals surface area contributed by atoms with E-state index in [0.29, 0.717) is 13.0 Å². The van der Waals surface area contributed by atoms with E-state index in [1.807, 2.05) is 31.2 Å². The van der Waals surface area contributed by atoms with Crippen molar-refractivity contribution in [3.05, 3.63) is 29.8 Å². The molecule has 1 aliphatic rings. The zero-order valence-corrected chi connectivity index (χ0v) is 14.0. The molecule has 2 amide bonds. The molecule has 0 aromatic heterocycles. The second kappa shape index (κ2) is 8.47. The Kier molecular flexibility index (Phi) is 6.35. The first-order valence-electron chi connectivity index (χ1n) is 8.32. The molecule has 0 spiro atoms. The summed E-state index contributed by atoms with van der Waals surface area (Å²) >= 11 is 0. The van der Waals surface area contributed by atoms with Crippen LogP contribution in [0.3, 0.4) is 0 Å². The molecule has 1 heterocycles. The van der Waals surface area contributed by atoms with Gasteiger partial charge in [0.1, 0.15) is 5.75 Å². The summed E-state index contributed by atoms with van der Waals surface area (Å²) in [6.45, 7) is 4.64. The van der Waals surface area contributed by atoms with E-state index in [0.717, 1.165) is 24.2 Å². The van der Waals surface area contributed by atoms with E-state index >= 15 is 0 Å². The molecule has 1 N–H and O–H groups in total. The molecule has 0 bridgehead atoms. The van der Waals surface area contributed by atoms with Gasteiger partial charge in [-0.05, 0) is 30.5 Å². The monoisotopic (exact) mass is 333 g/mol. The molecule has 0 aliphatic carbocycles. The van der Waals surface area contributed by atoms with Gasteiger partial charge in [-0.15, -0.1) is 0 Å². The van der Waals surface area contributed by atoms with Crippen LogP contribution in [0.1, 0.15) is 51.0 Å². The lowest BCUT2D eigenvalue weighted by Crippen LogP contribution is -2.30. The molecule has 1 aromatic rings. The summed E-state index contributed by atoms with van der Waals surface area (Å²) in [5, 5.41) is 2.13. The lowest BCUT2D eigenvalue weighted by Gasteiger charge is -2.17. The molecule has 24 heavy (non-hydrogen) atoms. The molecule has 1 aromatic carbocycles. The lowest BCUT2D eigenvalue weighted by molar-refractivity contribution is -0.155. The van der Waals surface area contributed by atoms with Crippen molar-refractivity contribution in [1.82, 2.24) is 5.32 Å². The molecule has 1 saturated heterocycles. The van der Waals surface area contributed by atoms with E-state index < -0.39 is 29.8 Å². The molecule has 6 nitrogen and oxygen atoms in total. The minimum Gasteiger partial charge on any atom is -0.494 e. The first-order chi connectivity index (χ1) is 11.5. The van der Waals surface area contributed by atoms with Crippen molar-refractivity contribution in [3.63, 3.8) is 0 Å². The molecule has 2 rings (SSSR count). The van der Waals surface area contributed by atoms with Crippen LogP contribution in [0, 0.1) is 0 Å². The molecule has 1 aliphatic heterocycles. The third-order valence-electron chi connectivity index (χ3n) is 3.93. The zero-order valence-electron chi connectivity index (χ0n) is 14.0. The molecular formula is C18H23NO5. The normalized spacial score (nSPS) is 18.2. The number of hydrogen-bond acceptors (Lipinski definition) is 5. The fourth-order valence-electron chi connectivity index (χ4n) is 2.52. The SMILES string of the molecule is CCCCOc1ccc(C(CC)C(=O)OC2CC(=O)NC2=O)cc1. The van der Waals surface area contributed by atoms with Crippen LogP contribution < -0.4 is 10.1 Å². The van der Waals surface area contributed by atoms with Gasteiger partial charge in [0.15, 0.2) is 6.10 Å². The van der Waals surface area contributed by atoms with Crippen LogP contribution in [0.25, 0.3) is 0 Å². The highest BCUT2D eigenvalue weighted by atomic mass is 16.5. The number of benzene rings is 1. The quantitative estimate of drug-likeness (QED) is 0.448. The number of unbranched alkanes of at least 4 members (excludes halogenated alkanes) is 1. The molecule has 1 fully saturated rings. The van der Waals surface area contributed by atoms with Gasteiger partial charge in [0, 0.05) is 0 Å². The maximum absolute atomic E-state index is 12.3. The Labute approximate surface area is 141 Å². The van der Waals surface area contributed by atoms with Gasteiger partial charge in [-0.3, -0.25) is 19.7 Å². The number of ether oxygens (including phenoxy) is 2. The summed E-state index contributed by atoms with van der Waals surface area (Å²) in [7, 11) is 0. The fourth-order valence-corrected chi connectivity index (χ4v) is 2.52. The van der Waals surface area contributed by atoms with Crippen molar-refractivity contribution in [2.75, 3.05) is 6.61 Å². The van der Waals surface area contributed by atoms with Crippen molar-refractivity contribution in [3.8, 4) is 5.75 Å². The number of carbonyl (C=O) groups excluding carboxylic acids is 3. The number of amides is 2. The number of hydrogen-bond donors (Lipinski definition) is 1. The molecule has 2 unspecified atom stereocenters. The smallest absolute Gasteiger partial charge is 0.314 e. The maximum Gasteiger partial charge on any atom is 0.314 e. The Morgan fingerprint density at radius 1 is 1.25 bits per heavy atom. The van der Waals surface area contributed by atoms with E-state index in [4.69, 9.17) is 9.47 Å². The highest BCUT2D eigenvalue weighted by Gasteiger charge is 2.35. The summed E-state index contributed by atoms with van der Waals surface area (Å²) in [6, 6.07) is 7.31. The van der Waals surface area contributed by atoms with Crippen LogP contribution in [0.5, 0.6) is 5.75 Å². The maximum atomic E-state index is 12.3. The van der Waals surface area contributed by atoms with E-state index in [1.54, 1.807) is 0 Å². The minimum atomic E-state index is -1.02. The van der Waals surface area contributed by atoms with E-state index in [9.17, 15) is 14.4 Å². The zero-order chi connectivity index (χ0) is 17.5. The number of esters is 1. The van der Waals surface area contributed by atoms with Gasteiger partial charge >= 0.3 is 5.97 Å². The summed E-state index contributed by atoms with van der Waals surface area (Å²) < 4.78 is 10.8. The van der Waals surface area contributed by atoms with Gasteiger partial charge in [-0.25, -0.2) is 0 Å². The van der Waals surface area contributed by atoms with Gasteiger partial charge in [-0.1, -0.05) is 32.4 Å². The Bertz CT molecular complexity index is 596. The second-order valence-corrected chi connectivity index (χ2v) is 5.77. The predicted molar refractivity (Wildman–Crippen MR) is 87.5 cm³/mol. The fraction of sp³-hybridized carbons (Fsp3) is 0.500. The average Bonchev–Trinajstić information content (AvgIpc) is 2.87. The lowest BCUT2D eigenvalue weighted by atomic mass is 9.96. The summed E-state index contributed by atoms with van der Waals surface area (Å²) in [5.74, 6) is -1.18. The Morgan fingerprint density at radius 2 is 1.96 bits per heavy atom. The summed E-state index contributed by atoms with van der Waals surface area (Å²) in [6.07, 6.45) is 1.48. The van der Waals surface area contributed by atoms with Crippen LogP contribution >= 0.6 is 0 Å². The van der Waals surface area contributed by atoms with Crippen molar-refractivity contribution < 1.29 is 23.9 Å². The van der Waals surface area contributed by atoms with Crippen LogP contribution in [-0.4, -0.2) is 30.5 Å². The van der Waals surface area contributed by atoms with Crippen molar-refractivity contribution in [2.24, 2.45) is 0 Å². The first-order valence-corrected chi connectivity index (χ1v) is 8.32. The van der Waals surface area contributed by atoms with Gasteiger partial charge in [0.05, 0.1) is 18.9 Å². The first kappa shape index (κ1) is 18.0. The molecule has 130 valence electrons. The molecular weight excluding hydrogens is 310 g/mol. The standard InChI is InChI=1S/C18H23NO5/c1-3-5-10-23-13-8-6-12(7-9-13)14(4-2)18(22)24-15-11-16(20)19-17(15)21/h6-9,14-15H,3-5,10-11H2,1-2H3,(H,19,20,21). The van der Waals surface area contributed by atoms with Crippen molar-refractivity contribution >= 4 is 17.8 Å². The van der Waals surface area contributed by atoms with Gasteiger partial charge in [0.25, 0.3) is 5.91 Å². The number of rotatable bonds is 8. The van der Waals surface area contributed by atoms with Crippen LogP contribution in [-0.2, 0) is 19.1 Å². The number of carbonyl (C=O) groups is 3. The van der Waals surface area contributed by atoms with Crippen molar-refractivity contribution in [2.45, 2.75) is 51.6 Å². The molecule has 6 heteroatoms. The molecule has 0 saturated carbocycles. The minimum absolute atomic E-state index is 0.106. The summed E-state index contributed by atoms with van der Waals surface area (Å²) in [4.78, 5) is 35.0.